The Morgan fingerprint density at radius 1 is 1.21 bits per heavy atom. The van der Waals surface area contributed by atoms with E-state index in [1.807, 2.05) is 0 Å². The smallest absolute Gasteiger partial charge is 0.339 e. The van der Waals surface area contributed by atoms with Crippen molar-refractivity contribution in [3.8, 4) is 5.75 Å². The van der Waals surface area contributed by atoms with E-state index in [1.165, 1.54) is 12.1 Å². The summed E-state index contributed by atoms with van der Waals surface area (Å²) in [5.41, 5.74) is 1.28. The molecule has 3 aromatic rings. The fourth-order valence-corrected chi connectivity index (χ4v) is 3.26. The third-order valence-electron chi connectivity index (χ3n) is 4.59. The molecule has 2 aromatic carbocycles. The van der Waals surface area contributed by atoms with Crippen LogP contribution in [0.25, 0.3) is 11.0 Å². The Hall–Kier alpha value is -2.86. The molecule has 5 nitrogen and oxygen atoms in total. The van der Waals surface area contributed by atoms with Crippen molar-refractivity contribution >= 4 is 28.5 Å². The number of hydrogen-bond donors (Lipinski definition) is 0. The van der Waals surface area contributed by atoms with Gasteiger partial charge in [0.15, 0.2) is 0 Å². The quantitative estimate of drug-likeness (QED) is 0.400. The number of benzene rings is 2. The van der Waals surface area contributed by atoms with Gasteiger partial charge in [-0.2, -0.15) is 0 Å². The normalized spacial score (nSPS) is 10.9. The van der Waals surface area contributed by atoms with Crippen molar-refractivity contribution in [2.45, 2.75) is 33.3 Å². The fraction of sp³-hybridized carbons (Fsp3) is 0.273. The van der Waals surface area contributed by atoms with Gasteiger partial charge < -0.3 is 13.9 Å². The number of hydrogen-bond acceptors (Lipinski definition) is 5. The average Bonchev–Trinajstić information content (AvgIpc) is 2.67. The Bertz CT molecular complexity index is 1090. The van der Waals surface area contributed by atoms with Crippen LogP contribution in [0.4, 0.5) is 4.39 Å². The van der Waals surface area contributed by atoms with Gasteiger partial charge in [0.2, 0.25) is 0 Å². The molecule has 0 atom stereocenters. The van der Waals surface area contributed by atoms with Crippen molar-refractivity contribution in [2.75, 3.05) is 6.61 Å². The monoisotopic (exact) mass is 418 g/mol. The molecule has 0 aliphatic rings. The predicted molar refractivity (Wildman–Crippen MR) is 108 cm³/mol. The van der Waals surface area contributed by atoms with E-state index in [-0.39, 0.29) is 36.0 Å². The topological polar surface area (TPSA) is 65.7 Å². The molecule has 0 spiro atoms. The molecule has 0 N–H and O–H groups in total. The van der Waals surface area contributed by atoms with E-state index >= 15 is 0 Å². The molecule has 0 saturated heterocycles. The summed E-state index contributed by atoms with van der Waals surface area (Å²) in [5.74, 6) is -0.396. The first-order chi connectivity index (χ1) is 13.9. The first kappa shape index (κ1) is 20.9. The van der Waals surface area contributed by atoms with Crippen molar-refractivity contribution in [1.82, 2.24) is 0 Å². The molecular weight excluding hydrogens is 399 g/mol. The fourth-order valence-electron chi connectivity index (χ4n) is 3.04. The van der Waals surface area contributed by atoms with Crippen LogP contribution in [0.2, 0.25) is 5.02 Å². The largest absolute Gasteiger partial charge is 0.489 e. The molecule has 7 heteroatoms. The van der Waals surface area contributed by atoms with Crippen LogP contribution >= 0.6 is 11.6 Å². The maximum atomic E-state index is 13.9. The van der Waals surface area contributed by atoms with Crippen LogP contribution < -0.4 is 10.4 Å². The molecule has 1 heterocycles. The molecule has 0 aliphatic carbocycles. The van der Waals surface area contributed by atoms with Crippen molar-refractivity contribution in [2.24, 2.45) is 0 Å². The Morgan fingerprint density at radius 2 is 2.00 bits per heavy atom. The Labute approximate surface area is 172 Å². The van der Waals surface area contributed by atoms with Crippen LogP contribution in [-0.4, -0.2) is 12.6 Å². The third-order valence-corrected chi connectivity index (χ3v) is 4.94. The highest BCUT2D eigenvalue weighted by Gasteiger charge is 2.14. The predicted octanol–water partition coefficient (Wildman–Crippen LogP) is 4.97. The van der Waals surface area contributed by atoms with Gasteiger partial charge in [0.25, 0.3) is 0 Å². The van der Waals surface area contributed by atoms with Gasteiger partial charge in [0, 0.05) is 29.0 Å². The molecular formula is C22H20ClFO5. The lowest BCUT2D eigenvalue weighted by atomic mass is 10.0. The highest BCUT2D eigenvalue weighted by atomic mass is 35.5. The standard InChI is InChI=1S/C22H20ClFO5/c1-3-27-21(25)10-9-16-13(2)15-8-7-14(11-20(15)29-22(16)26)28-12-17-18(23)5-4-6-19(17)24/h4-8,11H,3,9-10,12H2,1-2H3. The van der Waals surface area contributed by atoms with Crippen LogP contribution in [0, 0.1) is 12.7 Å². The van der Waals surface area contributed by atoms with E-state index in [0.29, 0.717) is 23.5 Å². The second-order valence-electron chi connectivity index (χ2n) is 6.44. The maximum absolute atomic E-state index is 13.9. The molecule has 1 aromatic heterocycles. The summed E-state index contributed by atoms with van der Waals surface area (Å²) in [6.07, 6.45) is 0.350. The van der Waals surface area contributed by atoms with Crippen LogP contribution in [0.5, 0.6) is 5.75 Å². The van der Waals surface area contributed by atoms with Crippen LogP contribution in [-0.2, 0) is 22.6 Å². The molecule has 152 valence electrons. The lowest BCUT2D eigenvalue weighted by molar-refractivity contribution is -0.143. The second kappa shape index (κ2) is 9.09. The van der Waals surface area contributed by atoms with Gasteiger partial charge in [0.1, 0.15) is 23.8 Å². The molecule has 0 amide bonds. The summed E-state index contributed by atoms with van der Waals surface area (Å²) in [5, 5.41) is 1.01. The number of carbonyl (C=O) groups is 1. The number of fused-ring (bicyclic) bond motifs is 1. The maximum Gasteiger partial charge on any atom is 0.339 e. The van der Waals surface area contributed by atoms with Crippen molar-refractivity contribution in [3.05, 3.63) is 74.3 Å². The molecule has 0 bridgehead atoms. The van der Waals surface area contributed by atoms with Gasteiger partial charge in [-0.05, 0) is 50.1 Å². The number of halogens is 2. The number of esters is 1. The molecule has 0 saturated carbocycles. The summed E-state index contributed by atoms with van der Waals surface area (Å²) in [6.45, 7) is 3.77. The van der Waals surface area contributed by atoms with Crippen molar-refractivity contribution < 1.29 is 23.1 Å². The summed E-state index contributed by atoms with van der Waals surface area (Å²) in [6, 6.07) is 9.47. The lowest BCUT2D eigenvalue weighted by Gasteiger charge is -2.11. The molecule has 0 radical (unpaired) electrons. The third kappa shape index (κ3) is 4.77. The molecule has 3 rings (SSSR count). The SMILES string of the molecule is CCOC(=O)CCc1c(C)c2ccc(OCc3c(F)cccc3Cl)cc2oc1=O. The van der Waals surface area contributed by atoms with Crippen LogP contribution in [0.15, 0.2) is 45.6 Å². The number of rotatable bonds is 7. The van der Waals surface area contributed by atoms with Gasteiger partial charge in [-0.3, -0.25) is 4.79 Å². The lowest BCUT2D eigenvalue weighted by Crippen LogP contribution is -2.13. The highest BCUT2D eigenvalue weighted by Crippen LogP contribution is 2.26. The van der Waals surface area contributed by atoms with Gasteiger partial charge >= 0.3 is 11.6 Å². The van der Waals surface area contributed by atoms with E-state index < -0.39 is 11.4 Å². The van der Waals surface area contributed by atoms with Crippen molar-refractivity contribution in [3.63, 3.8) is 0 Å². The van der Waals surface area contributed by atoms with E-state index in [1.54, 1.807) is 38.1 Å². The Balaban J connectivity index is 1.82. The minimum absolute atomic E-state index is 0.0577. The molecule has 0 aliphatic heterocycles. The molecule has 0 unspecified atom stereocenters. The van der Waals surface area contributed by atoms with Crippen LogP contribution in [0.3, 0.4) is 0 Å². The van der Waals surface area contributed by atoms with E-state index in [9.17, 15) is 14.0 Å². The van der Waals surface area contributed by atoms with E-state index in [0.717, 1.165) is 10.9 Å². The zero-order valence-corrected chi connectivity index (χ0v) is 16.8. The number of carbonyl (C=O) groups excluding carboxylic acids is 1. The van der Waals surface area contributed by atoms with Gasteiger partial charge in [-0.1, -0.05) is 17.7 Å². The molecule has 29 heavy (non-hydrogen) atoms. The number of aryl methyl sites for hydroxylation is 1. The van der Waals surface area contributed by atoms with Crippen LogP contribution in [0.1, 0.15) is 30.0 Å². The minimum atomic E-state index is -0.506. The number of ether oxygens (including phenoxy) is 2. The molecule has 0 fully saturated rings. The first-order valence-electron chi connectivity index (χ1n) is 9.18. The summed E-state index contributed by atoms with van der Waals surface area (Å²) < 4.78 is 29.8. The van der Waals surface area contributed by atoms with E-state index in [4.69, 9.17) is 25.5 Å². The second-order valence-corrected chi connectivity index (χ2v) is 6.85. The van der Waals surface area contributed by atoms with Gasteiger partial charge in [-0.15, -0.1) is 0 Å². The minimum Gasteiger partial charge on any atom is -0.489 e. The van der Waals surface area contributed by atoms with Gasteiger partial charge in [-0.25, -0.2) is 9.18 Å². The summed E-state index contributed by atoms with van der Waals surface area (Å²) in [4.78, 5) is 24.0. The Kier molecular flexibility index (Phi) is 6.54. The Morgan fingerprint density at radius 3 is 2.72 bits per heavy atom. The summed E-state index contributed by atoms with van der Waals surface area (Å²) >= 11 is 6.01. The van der Waals surface area contributed by atoms with Crippen molar-refractivity contribution in [1.29, 1.82) is 0 Å². The zero-order valence-electron chi connectivity index (χ0n) is 16.1. The van der Waals surface area contributed by atoms with E-state index in [2.05, 4.69) is 0 Å². The first-order valence-corrected chi connectivity index (χ1v) is 9.56. The highest BCUT2D eigenvalue weighted by molar-refractivity contribution is 6.31. The summed E-state index contributed by atoms with van der Waals surface area (Å²) in [7, 11) is 0. The zero-order chi connectivity index (χ0) is 21.0. The average molecular weight is 419 g/mol. The van der Waals surface area contributed by atoms with Gasteiger partial charge in [0.05, 0.1) is 11.6 Å².